The van der Waals surface area contributed by atoms with E-state index < -0.39 is 17.5 Å². The summed E-state index contributed by atoms with van der Waals surface area (Å²) in [5.41, 5.74) is -0.372. The average Bonchev–Trinajstić information content (AvgIpc) is 2.60. The number of nitrogens with one attached hydrogen (secondary N) is 1. The van der Waals surface area contributed by atoms with Crippen LogP contribution in [0.15, 0.2) is 48.5 Å². The second-order valence-electron chi connectivity index (χ2n) is 5.73. The Bertz CT molecular complexity index is 641. The van der Waals surface area contributed by atoms with Gasteiger partial charge in [0.25, 0.3) is 0 Å². The third-order valence-electron chi connectivity index (χ3n) is 4.24. The highest BCUT2D eigenvalue weighted by molar-refractivity contribution is 6.31. The second kappa shape index (κ2) is 6.97. The van der Waals surface area contributed by atoms with Crippen LogP contribution in [-0.2, 0) is 16.8 Å². The first-order chi connectivity index (χ1) is 11.1. The molecule has 122 valence electrons. The van der Waals surface area contributed by atoms with Crippen LogP contribution in [-0.4, -0.2) is 30.9 Å². The van der Waals surface area contributed by atoms with E-state index in [1.165, 1.54) is 6.07 Å². The van der Waals surface area contributed by atoms with Gasteiger partial charge in [-0.25, -0.2) is 4.39 Å². The number of rotatable bonds is 4. The summed E-state index contributed by atoms with van der Waals surface area (Å²) in [7, 11) is 0. The lowest BCUT2D eigenvalue weighted by atomic mass is 9.82. The number of ether oxygens (including phenoxy) is 1. The third kappa shape index (κ3) is 3.40. The van der Waals surface area contributed by atoms with E-state index in [2.05, 4.69) is 5.32 Å². The Balaban J connectivity index is 2.01. The van der Waals surface area contributed by atoms with E-state index in [4.69, 9.17) is 16.3 Å². The molecule has 1 saturated heterocycles. The van der Waals surface area contributed by atoms with Gasteiger partial charge in [-0.15, -0.1) is 0 Å². The van der Waals surface area contributed by atoms with Gasteiger partial charge < -0.3 is 15.2 Å². The van der Waals surface area contributed by atoms with Crippen molar-refractivity contribution in [1.82, 2.24) is 5.32 Å². The standard InChI is InChI=1S/C18H19ClFNO2/c19-15-7-4-8-16(20)14(15)11-18(22,13-5-2-1-3-6-13)17-12-21-9-10-23-17/h1-8,17,21-22H,9-12H2/t17?,18-/m1/s1. The SMILES string of the molecule is O[C@](Cc1c(F)cccc1Cl)(c1ccccc1)C1CNCCO1. The van der Waals surface area contributed by atoms with Crippen molar-refractivity contribution in [3.05, 3.63) is 70.5 Å². The molecule has 2 N–H and O–H groups in total. The highest BCUT2D eigenvalue weighted by Gasteiger charge is 2.41. The number of halogens is 2. The van der Waals surface area contributed by atoms with Gasteiger partial charge in [0.2, 0.25) is 0 Å². The number of hydrogen-bond donors (Lipinski definition) is 2. The van der Waals surface area contributed by atoms with E-state index in [9.17, 15) is 9.50 Å². The maximum absolute atomic E-state index is 14.2. The van der Waals surface area contributed by atoms with Crippen molar-refractivity contribution in [3.8, 4) is 0 Å². The molecule has 0 bridgehead atoms. The Labute approximate surface area is 140 Å². The lowest BCUT2D eigenvalue weighted by Gasteiger charge is -2.39. The molecule has 3 nitrogen and oxygen atoms in total. The molecular formula is C18H19ClFNO2. The zero-order valence-corrected chi connectivity index (χ0v) is 13.4. The first-order valence-electron chi connectivity index (χ1n) is 7.64. The van der Waals surface area contributed by atoms with Gasteiger partial charge in [-0.05, 0) is 17.7 Å². The van der Waals surface area contributed by atoms with E-state index in [0.717, 1.165) is 6.54 Å². The maximum atomic E-state index is 14.2. The first kappa shape index (κ1) is 16.4. The van der Waals surface area contributed by atoms with E-state index in [0.29, 0.717) is 29.3 Å². The zero-order valence-electron chi connectivity index (χ0n) is 12.6. The molecule has 0 amide bonds. The van der Waals surface area contributed by atoms with Crippen LogP contribution >= 0.6 is 11.6 Å². The van der Waals surface area contributed by atoms with E-state index in [-0.39, 0.29) is 6.42 Å². The lowest BCUT2D eigenvalue weighted by Crippen LogP contribution is -2.52. The minimum atomic E-state index is -1.36. The molecule has 0 saturated carbocycles. The molecule has 1 aliphatic rings. The molecule has 0 spiro atoms. The van der Waals surface area contributed by atoms with Crippen molar-refractivity contribution in [2.24, 2.45) is 0 Å². The third-order valence-corrected chi connectivity index (χ3v) is 4.60. The predicted octanol–water partition coefficient (Wildman–Crippen LogP) is 2.90. The molecule has 1 heterocycles. The fraction of sp³-hybridized carbons (Fsp3) is 0.333. The quantitative estimate of drug-likeness (QED) is 0.902. The van der Waals surface area contributed by atoms with Gasteiger partial charge in [0, 0.05) is 30.1 Å². The van der Waals surface area contributed by atoms with Gasteiger partial charge in [0.05, 0.1) is 6.61 Å². The summed E-state index contributed by atoms with van der Waals surface area (Å²) in [5, 5.41) is 14.9. The largest absolute Gasteiger partial charge is 0.382 e. The van der Waals surface area contributed by atoms with Crippen molar-refractivity contribution in [2.75, 3.05) is 19.7 Å². The van der Waals surface area contributed by atoms with Crippen molar-refractivity contribution < 1.29 is 14.2 Å². The van der Waals surface area contributed by atoms with E-state index in [1.54, 1.807) is 12.1 Å². The molecule has 2 aromatic rings. The molecule has 1 fully saturated rings. The van der Waals surface area contributed by atoms with Gasteiger partial charge in [-0.2, -0.15) is 0 Å². The summed E-state index contributed by atoms with van der Waals surface area (Å²) in [6.07, 6.45) is -0.427. The summed E-state index contributed by atoms with van der Waals surface area (Å²) >= 11 is 6.15. The number of benzene rings is 2. The van der Waals surface area contributed by atoms with Crippen LogP contribution in [0.25, 0.3) is 0 Å². The molecule has 1 aliphatic heterocycles. The highest BCUT2D eigenvalue weighted by atomic mass is 35.5. The van der Waals surface area contributed by atoms with Crippen molar-refractivity contribution >= 4 is 11.6 Å². The van der Waals surface area contributed by atoms with Crippen LogP contribution in [0.1, 0.15) is 11.1 Å². The van der Waals surface area contributed by atoms with Crippen molar-refractivity contribution in [2.45, 2.75) is 18.1 Å². The first-order valence-corrected chi connectivity index (χ1v) is 8.02. The minimum absolute atomic E-state index is 0.0505. The topological polar surface area (TPSA) is 41.5 Å². The highest BCUT2D eigenvalue weighted by Crippen LogP contribution is 2.34. The Morgan fingerprint density at radius 2 is 2.00 bits per heavy atom. The lowest BCUT2D eigenvalue weighted by molar-refractivity contribution is -0.124. The monoisotopic (exact) mass is 335 g/mol. The van der Waals surface area contributed by atoms with Gasteiger partial charge in [-0.1, -0.05) is 48.0 Å². The molecule has 2 atom stereocenters. The maximum Gasteiger partial charge on any atom is 0.128 e. The normalized spacial score (nSPS) is 20.9. The molecular weight excluding hydrogens is 317 g/mol. The van der Waals surface area contributed by atoms with Crippen LogP contribution < -0.4 is 5.32 Å². The summed E-state index contributed by atoms with van der Waals surface area (Å²) in [4.78, 5) is 0. The number of aliphatic hydroxyl groups is 1. The fourth-order valence-corrected chi connectivity index (χ4v) is 3.20. The molecule has 23 heavy (non-hydrogen) atoms. The molecule has 1 unspecified atom stereocenters. The summed E-state index contributed by atoms with van der Waals surface area (Å²) < 4.78 is 20.0. The number of morpholine rings is 1. The zero-order chi connectivity index (χ0) is 16.3. The summed E-state index contributed by atoms with van der Waals surface area (Å²) in [6, 6.07) is 13.8. The van der Waals surface area contributed by atoms with Crippen LogP contribution in [0, 0.1) is 5.82 Å². The molecule has 5 heteroatoms. The van der Waals surface area contributed by atoms with Crippen LogP contribution in [0.2, 0.25) is 5.02 Å². The van der Waals surface area contributed by atoms with Crippen LogP contribution in [0.5, 0.6) is 0 Å². The van der Waals surface area contributed by atoms with Crippen molar-refractivity contribution in [1.29, 1.82) is 0 Å². The summed E-state index contributed by atoms with van der Waals surface area (Å²) in [6.45, 7) is 1.74. The predicted molar refractivity (Wildman–Crippen MR) is 88.1 cm³/mol. The van der Waals surface area contributed by atoms with Crippen LogP contribution in [0.3, 0.4) is 0 Å². The molecule has 0 radical (unpaired) electrons. The summed E-state index contributed by atoms with van der Waals surface area (Å²) in [5.74, 6) is -0.421. The fourth-order valence-electron chi connectivity index (χ4n) is 2.97. The minimum Gasteiger partial charge on any atom is -0.382 e. The Morgan fingerprint density at radius 3 is 2.65 bits per heavy atom. The van der Waals surface area contributed by atoms with E-state index >= 15 is 0 Å². The van der Waals surface area contributed by atoms with Gasteiger partial charge in [0.1, 0.15) is 17.5 Å². The molecule has 3 rings (SSSR count). The van der Waals surface area contributed by atoms with Gasteiger partial charge in [-0.3, -0.25) is 0 Å². The Hall–Kier alpha value is -1.46. The molecule has 0 aromatic heterocycles. The number of hydrogen-bond acceptors (Lipinski definition) is 3. The van der Waals surface area contributed by atoms with E-state index in [1.807, 2.05) is 30.3 Å². The average molecular weight is 336 g/mol. The Kier molecular flexibility index (Phi) is 4.97. The molecule has 2 aromatic carbocycles. The molecule has 0 aliphatic carbocycles. The second-order valence-corrected chi connectivity index (χ2v) is 6.14. The van der Waals surface area contributed by atoms with Gasteiger partial charge >= 0.3 is 0 Å². The smallest absolute Gasteiger partial charge is 0.128 e. The van der Waals surface area contributed by atoms with Crippen LogP contribution in [0.4, 0.5) is 4.39 Å². The Morgan fingerprint density at radius 1 is 1.22 bits per heavy atom. The van der Waals surface area contributed by atoms with Gasteiger partial charge in [0.15, 0.2) is 0 Å². The van der Waals surface area contributed by atoms with Crippen molar-refractivity contribution in [3.63, 3.8) is 0 Å².